The van der Waals surface area contributed by atoms with Crippen molar-refractivity contribution in [3.05, 3.63) is 64.2 Å². The van der Waals surface area contributed by atoms with Crippen LogP contribution < -0.4 is 5.32 Å². The maximum atomic E-state index is 12.7. The fourth-order valence-electron chi connectivity index (χ4n) is 3.88. The van der Waals surface area contributed by atoms with Crippen LogP contribution in [0, 0.1) is 5.92 Å². The summed E-state index contributed by atoms with van der Waals surface area (Å²) >= 11 is 8.39. The molecule has 0 radical (unpaired) electrons. The molecule has 0 amide bonds. The Morgan fingerprint density at radius 1 is 1.21 bits per heavy atom. The van der Waals surface area contributed by atoms with E-state index in [0.29, 0.717) is 6.42 Å². The average Bonchev–Trinajstić information content (AvgIpc) is 2.77. The van der Waals surface area contributed by atoms with Crippen molar-refractivity contribution in [1.82, 2.24) is 5.32 Å². The molecule has 0 aromatic heterocycles. The molecule has 2 aromatic rings. The molecule has 5 heteroatoms. The van der Waals surface area contributed by atoms with Crippen molar-refractivity contribution in [2.75, 3.05) is 13.6 Å². The van der Waals surface area contributed by atoms with Crippen molar-refractivity contribution in [1.29, 1.82) is 0 Å². The zero-order valence-electron chi connectivity index (χ0n) is 16.9. The number of nitrogens with one attached hydrogen (secondary N) is 1. The Hall–Kier alpha value is -1.49. The molecule has 1 N–H and O–H groups in total. The first kappa shape index (κ1) is 21.2. The quantitative estimate of drug-likeness (QED) is 0.638. The van der Waals surface area contributed by atoms with E-state index in [-0.39, 0.29) is 17.8 Å². The molecule has 28 heavy (non-hydrogen) atoms. The van der Waals surface area contributed by atoms with Gasteiger partial charge in [0.1, 0.15) is 5.60 Å². The van der Waals surface area contributed by atoms with Crippen molar-refractivity contribution >= 4 is 29.3 Å². The third-order valence-electron chi connectivity index (χ3n) is 4.90. The molecule has 0 bridgehead atoms. The standard InChI is InChI=1S/C23H28ClNO2S/c1-23(2,3)27-21(26)12-15(13-25-4)22-16-9-7-10-19(24)18(16)14-28-20-11-6-5-8-17(20)22/h5-11,15,22,25H,12-14H2,1-4H3. The highest BCUT2D eigenvalue weighted by Gasteiger charge is 2.33. The number of rotatable bonds is 5. The van der Waals surface area contributed by atoms with E-state index in [4.69, 9.17) is 16.3 Å². The first-order valence-corrected chi connectivity index (χ1v) is 11.0. The Bertz CT molecular complexity index is 847. The second-order valence-corrected chi connectivity index (χ2v) is 9.64. The summed E-state index contributed by atoms with van der Waals surface area (Å²) in [6, 6.07) is 14.6. The van der Waals surface area contributed by atoms with Crippen LogP contribution in [0.3, 0.4) is 0 Å². The van der Waals surface area contributed by atoms with Crippen LogP contribution in [0.1, 0.15) is 49.8 Å². The number of carbonyl (C=O) groups excluding carboxylic acids is 1. The summed E-state index contributed by atoms with van der Waals surface area (Å²) in [6.45, 7) is 6.44. The number of hydrogen-bond donors (Lipinski definition) is 1. The molecule has 0 fully saturated rings. The lowest BCUT2D eigenvalue weighted by molar-refractivity contribution is -0.156. The minimum atomic E-state index is -0.486. The van der Waals surface area contributed by atoms with Crippen molar-refractivity contribution < 1.29 is 9.53 Å². The van der Waals surface area contributed by atoms with Gasteiger partial charge in [0, 0.05) is 21.6 Å². The van der Waals surface area contributed by atoms with Crippen LogP contribution in [0.4, 0.5) is 0 Å². The van der Waals surface area contributed by atoms with Gasteiger partial charge in [0.15, 0.2) is 0 Å². The second kappa shape index (κ2) is 8.89. The molecular formula is C23H28ClNO2S. The number of hydrogen-bond acceptors (Lipinski definition) is 4. The van der Waals surface area contributed by atoms with Gasteiger partial charge in [0.05, 0.1) is 6.42 Å². The van der Waals surface area contributed by atoms with Crippen molar-refractivity contribution in [2.24, 2.45) is 5.92 Å². The minimum absolute atomic E-state index is 0.0666. The number of thioether (sulfide) groups is 1. The molecule has 2 atom stereocenters. The third kappa shape index (κ3) is 4.91. The highest BCUT2D eigenvalue weighted by molar-refractivity contribution is 7.98. The first-order chi connectivity index (χ1) is 13.3. The van der Waals surface area contributed by atoms with Crippen LogP contribution in [0.25, 0.3) is 0 Å². The third-order valence-corrected chi connectivity index (χ3v) is 6.37. The molecule has 1 heterocycles. The fourth-order valence-corrected chi connectivity index (χ4v) is 5.37. The van der Waals surface area contributed by atoms with Gasteiger partial charge in [-0.25, -0.2) is 0 Å². The molecule has 3 rings (SSSR count). The molecule has 150 valence electrons. The largest absolute Gasteiger partial charge is 0.460 e. The topological polar surface area (TPSA) is 38.3 Å². The van der Waals surface area contributed by atoms with Gasteiger partial charge in [-0.2, -0.15) is 0 Å². The normalized spacial score (nSPS) is 17.2. The van der Waals surface area contributed by atoms with Gasteiger partial charge in [-0.15, -0.1) is 11.8 Å². The summed E-state index contributed by atoms with van der Waals surface area (Å²) in [5.41, 5.74) is 3.16. The van der Waals surface area contributed by atoms with E-state index in [0.717, 1.165) is 17.3 Å². The van der Waals surface area contributed by atoms with Gasteiger partial charge in [-0.05, 0) is 69.1 Å². The number of benzene rings is 2. The Morgan fingerprint density at radius 3 is 2.64 bits per heavy atom. The van der Waals surface area contributed by atoms with E-state index in [9.17, 15) is 4.79 Å². The maximum Gasteiger partial charge on any atom is 0.306 e. The van der Waals surface area contributed by atoms with E-state index < -0.39 is 5.60 Å². The predicted octanol–water partition coefficient (Wildman–Crippen LogP) is 5.65. The van der Waals surface area contributed by atoms with E-state index in [2.05, 4.69) is 35.6 Å². The Morgan fingerprint density at radius 2 is 1.93 bits per heavy atom. The van der Waals surface area contributed by atoms with Crippen LogP contribution >= 0.6 is 23.4 Å². The molecule has 0 aliphatic carbocycles. The van der Waals surface area contributed by atoms with Crippen LogP contribution in [-0.4, -0.2) is 25.2 Å². The zero-order valence-corrected chi connectivity index (χ0v) is 18.5. The molecule has 0 saturated heterocycles. The summed E-state index contributed by atoms with van der Waals surface area (Å²) in [4.78, 5) is 13.9. The average molecular weight is 418 g/mol. The smallest absolute Gasteiger partial charge is 0.306 e. The van der Waals surface area contributed by atoms with Crippen molar-refractivity contribution in [3.8, 4) is 0 Å². The number of halogens is 1. The maximum absolute atomic E-state index is 12.7. The number of ether oxygens (including phenoxy) is 1. The number of esters is 1. The SMILES string of the molecule is CNCC(CC(=O)OC(C)(C)C)C1c2ccccc2SCc2c(Cl)cccc21. The van der Waals surface area contributed by atoms with Gasteiger partial charge in [-0.1, -0.05) is 41.9 Å². The lowest BCUT2D eigenvalue weighted by Gasteiger charge is -2.30. The Balaban J connectivity index is 2.06. The lowest BCUT2D eigenvalue weighted by Crippen LogP contribution is -2.31. The van der Waals surface area contributed by atoms with Gasteiger partial charge in [-0.3, -0.25) is 4.79 Å². The summed E-state index contributed by atoms with van der Waals surface area (Å²) in [5.74, 6) is 0.823. The van der Waals surface area contributed by atoms with Crippen molar-refractivity contribution in [2.45, 2.75) is 49.4 Å². The van der Waals surface area contributed by atoms with Gasteiger partial charge < -0.3 is 10.1 Å². The minimum Gasteiger partial charge on any atom is -0.460 e. The van der Waals surface area contributed by atoms with Crippen LogP contribution in [0.5, 0.6) is 0 Å². The summed E-state index contributed by atoms with van der Waals surface area (Å²) in [5, 5.41) is 4.08. The molecule has 2 unspecified atom stereocenters. The summed E-state index contributed by atoms with van der Waals surface area (Å²) < 4.78 is 5.64. The predicted molar refractivity (Wildman–Crippen MR) is 117 cm³/mol. The van der Waals surface area contributed by atoms with Gasteiger partial charge >= 0.3 is 5.97 Å². The molecule has 0 spiro atoms. The van der Waals surface area contributed by atoms with E-state index >= 15 is 0 Å². The highest BCUT2D eigenvalue weighted by Crippen LogP contribution is 2.46. The van der Waals surface area contributed by atoms with E-state index in [1.165, 1.54) is 21.6 Å². The van der Waals surface area contributed by atoms with Gasteiger partial charge in [0.2, 0.25) is 0 Å². The van der Waals surface area contributed by atoms with Crippen LogP contribution in [-0.2, 0) is 15.3 Å². The van der Waals surface area contributed by atoms with Gasteiger partial charge in [0.25, 0.3) is 0 Å². The monoisotopic (exact) mass is 417 g/mol. The summed E-state index contributed by atoms with van der Waals surface area (Å²) in [7, 11) is 1.93. The molecule has 1 aliphatic rings. The fraction of sp³-hybridized carbons (Fsp3) is 0.435. The molecular weight excluding hydrogens is 390 g/mol. The summed E-state index contributed by atoms with van der Waals surface area (Å²) in [6.07, 6.45) is 0.355. The van der Waals surface area contributed by atoms with Crippen molar-refractivity contribution in [3.63, 3.8) is 0 Å². The number of fused-ring (bicyclic) bond motifs is 2. The molecule has 2 aromatic carbocycles. The zero-order chi connectivity index (χ0) is 20.3. The van der Waals surface area contributed by atoms with E-state index in [1.807, 2.05) is 51.7 Å². The highest BCUT2D eigenvalue weighted by atomic mass is 35.5. The lowest BCUT2D eigenvalue weighted by atomic mass is 9.77. The van der Waals surface area contributed by atoms with E-state index in [1.54, 1.807) is 0 Å². The molecule has 1 aliphatic heterocycles. The first-order valence-electron chi connectivity index (χ1n) is 9.65. The molecule has 3 nitrogen and oxygen atoms in total. The Labute approximate surface area is 177 Å². The second-order valence-electron chi connectivity index (χ2n) is 8.22. The molecule has 0 saturated carbocycles. The number of carbonyl (C=O) groups is 1. The van der Waals surface area contributed by atoms with Crippen LogP contribution in [0.2, 0.25) is 5.02 Å². The van der Waals surface area contributed by atoms with Crippen LogP contribution in [0.15, 0.2) is 47.4 Å². The Kier molecular flexibility index (Phi) is 6.74.